The van der Waals surface area contributed by atoms with Crippen LogP contribution in [0.3, 0.4) is 0 Å². The molecule has 0 saturated heterocycles. The molecular formula is C14H20IO. The molecule has 16 heavy (non-hydrogen) atoms. The zero-order chi connectivity index (χ0) is 11.6. The molecule has 0 aromatic heterocycles. The van der Waals surface area contributed by atoms with Gasteiger partial charge in [-0.15, -0.1) is 0 Å². The van der Waals surface area contributed by atoms with E-state index in [0.717, 1.165) is 17.6 Å². The standard InChI is InChI=1S/C14H20IO/c1-13(7-5-6-10-15)11-16-12-14-8-3-2-4-9-14/h2-4,6,8-9,13H,5,7,10-12H2,1H3. The molecule has 0 aliphatic carbocycles. The van der Waals surface area contributed by atoms with Crippen molar-refractivity contribution < 1.29 is 4.74 Å². The lowest BCUT2D eigenvalue weighted by Crippen LogP contribution is -2.06. The van der Waals surface area contributed by atoms with Gasteiger partial charge >= 0.3 is 0 Å². The van der Waals surface area contributed by atoms with Crippen LogP contribution >= 0.6 is 22.6 Å². The predicted octanol–water partition coefficient (Wildman–Crippen LogP) is 4.26. The van der Waals surface area contributed by atoms with Gasteiger partial charge in [0.25, 0.3) is 0 Å². The highest BCUT2D eigenvalue weighted by atomic mass is 127. The van der Waals surface area contributed by atoms with Crippen LogP contribution in [-0.2, 0) is 11.3 Å². The lowest BCUT2D eigenvalue weighted by molar-refractivity contribution is 0.0896. The molecule has 1 atom stereocenters. The third-order valence-electron chi connectivity index (χ3n) is 2.49. The molecule has 0 heterocycles. The number of hydrogen-bond donors (Lipinski definition) is 0. The van der Waals surface area contributed by atoms with Crippen molar-refractivity contribution in [3.63, 3.8) is 0 Å². The first kappa shape index (κ1) is 14.0. The lowest BCUT2D eigenvalue weighted by atomic mass is 10.1. The maximum absolute atomic E-state index is 5.70. The Morgan fingerprint density at radius 3 is 2.75 bits per heavy atom. The summed E-state index contributed by atoms with van der Waals surface area (Å²) in [5.74, 6) is 0.655. The summed E-state index contributed by atoms with van der Waals surface area (Å²) in [6.45, 7) is 3.86. The molecule has 0 amide bonds. The van der Waals surface area contributed by atoms with Crippen LogP contribution in [0, 0.1) is 12.3 Å². The molecule has 1 unspecified atom stereocenters. The molecule has 89 valence electrons. The Morgan fingerprint density at radius 2 is 2.06 bits per heavy atom. The summed E-state index contributed by atoms with van der Waals surface area (Å²) in [7, 11) is 0. The SMILES string of the molecule is CC(CC[CH]CI)COCc1ccccc1. The Morgan fingerprint density at radius 1 is 1.31 bits per heavy atom. The molecule has 0 aliphatic rings. The Labute approximate surface area is 113 Å². The van der Waals surface area contributed by atoms with E-state index in [2.05, 4.69) is 60.2 Å². The van der Waals surface area contributed by atoms with Gasteiger partial charge in [-0.3, -0.25) is 0 Å². The molecule has 2 heteroatoms. The van der Waals surface area contributed by atoms with Gasteiger partial charge in [-0.25, -0.2) is 0 Å². The number of hydrogen-bond acceptors (Lipinski definition) is 1. The van der Waals surface area contributed by atoms with E-state index in [1.807, 2.05) is 6.07 Å². The Hall–Kier alpha value is -0.0900. The molecule has 1 rings (SSSR count). The minimum atomic E-state index is 0.655. The fraction of sp³-hybridized carbons (Fsp3) is 0.500. The van der Waals surface area contributed by atoms with Crippen LogP contribution in [0.1, 0.15) is 25.3 Å². The second kappa shape index (κ2) is 8.99. The largest absolute Gasteiger partial charge is 0.376 e. The zero-order valence-electron chi connectivity index (χ0n) is 9.86. The minimum absolute atomic E-state index is 0.655. The highest BCUT2D eigenvalue weighted by Gasteiger charge is 2.02. The molecule has 0 aliphatic heterocycles. The summed E-state index contributed by atoms with van der Waals surface area (Å²) in [6, 6.07) is 10.4. The van der Waals surface area contributed by atoms with Gasteiger partial charge < -0.3 is 4.74 Å². The van der Waals surface area contributed by atoms with E-state index >= 15 is 0 Å². The maximum atomic E-state index is 5.70. The average molecular weight is 331 g/mol. The average Bonchev–Trinajstić information content (AvgIpc) is 2.31. The monoisotopic (exact) mass is 331 g/mol. The zero-order valence-corrected chi connectivity index (χ0v) is 12.0. The smallest absolute Gasteiger partial charge is 0.0717 e. The van der Waals surface area contributed by atoms with Crippen molar-refractivity contribution in [3.8, 4) is 0 Å². The molecule has 0 spiro atoms. The van der Waals surface area contributed by atoms with E-state index in [9.17, 15) is 0 Å². The second-order valence-electron chi connectivity index (χ2n) is 4.13. The van der Waals surface area contributed by atoms with Crippen LogP contribution < -0.4 is 0 Å². The molecule has 0 fully saturated rings. The van der Waals surface area contributed by atoms with E-state index in [1.165, 1.54) is 18.4 Å². The van der Waals surface area contributed by atoms with Crippen LogP contribution in [0.25, 0.3) is 0 Å². The summed E-state index contributed by atoms with van der Waals surface area (Å²) in [6.07, 6.45) is 4.77. The summed E-state index contributed by atoms with van der Waals surface area (Å²) >= 11 is 2.38. The van der Waals surface area contributed by atoms with Crippen LogP contribution in [0.4, 0.5) is 0 Å². The topological polar surface area (TPSA) is 9.23 Å². The van der Waals surface area contributed by atoms with Crippen molar-refractivity contribution in [2.75, 3.05) is 11.0 Å². The molecule has 1 radical (unpaired) electrons. The predicted molar refractivity (Wildman–Crippen MR) is 77.7 cm³/mol. The second-order valence-corrected chi connectivity index (χ2v) is 5.01. The van der Waals surface area contributed by atoms with E-state index < -0.39 is 0 Å². The van der Waals surface area contributed by atoms with Crippen LogP contribution in [0.15, 0.2) is 30.3 Å². The Kier molecular flexibility index (Phi) is 7.85. The maximum Gasteiger partial charge on any atom is 0.0717 e. The summed E-state index contributed by atoms with van der Waals surface area (Å²) in [5, 5.41) is 0. The minimum Gasteiger partial charge on any atom is -0.376 e. The first-order valence-corrected chi connectivity index (χ1v) is 7.34. The normalized spacial score (nSPS) is 12.6. The first-order chi connectivity index (χ1) is 7.83. The number of rotatable bonds is 8. The van der Waals surface area contributed by atoms with E-state index in [-0.39, 0.29) is 0 Å². The van der Waals surface area contributed by atoms with Gasteiger partial charge in [0.15, 0.2) is 0 Å². The highest BCUT2D eigenvalue weighted by molar-refractivity contribution is 14.1. The van der Waals surface area contributed by atoms with Crippen molar-refractivity contribution >= 4 is 22.6 Å². The van der Waals surface area contributed by atoms with Crippen molar-refractivity contribution in [2.24, 2.45) is 5.92 Å². The van der Waals surface area contributed by atoms with Gasteiger partial charge in [0.2, 0.25) is 0 Å². The summed E-state index contributed by atoms with van der Waals surface area (Å²) < 4.78 is 6.84. The number of ether oxygens (including phenoxy) is 1. The third kappa shape index (κ3) is 6.48. The van der Waals surface area contributed by atoms with Crippen molar-refractivity contribution in [3.05, 3.63) is 42.3 Å². The fourth-order valence-corrected chi connectivity index (χ4v) is 1.96. The number of halogens is 1. The van der Waals surface area contributed by atoms with E-state index in [1.54, 1.807) is 0 Å². The van der Waals surface area contributed by atoms with Gasteiger partial charge in [0, 0.05) is 11.0 Å². The molecular weight excluding hydrogens is 311 g/mol. The quantitative estimate of drug-likeness (QED) is 0.393. The van der Waals surface area contributed by atoms with E-state index in [4.69, 9.17) is 4.74 Å². The van der Waals surface area contributed by atoms with Gasteiger partial charge in [0.05, 0.1) is 6.61 Å². The molecule has 0 saturated carbocycles. The van der Waals surface area contributed by atoms with Gasteiger partial charge in [-0.05, 0) is 30.7 Å². The lowest BCUT2D eigenvalue weighted by Gasteiger charge is -2.11. The van der Waals surface area contributed by atoms with Gasteiger partial charge in [0.1, 0.15) is 0 Å². The Balaban J connectivity index is 2.06. The van der Waals surface area contributed by atoms with Crippen molar-refractivity contribution in [2.45, 2.75) is 26.4 Å². The van der Waals surface area contributed by atoms with Crippen LogP contribution in [0.5, 0.6) is 0 Å². The third-order valence-corrected chi connectivity index (χ3v) is 3.11. The fourth-order valence-electron chi connectivity index (χ4n) is 1.52. The number of alkyl halides is 1. The first-order valence-electron chi connectivity index (χ1n) is 5.82. The van der Waals surface area contributed by atoms with Gasteiger partial charge in [-0.2, -0.15) is 0 Å². The molecule has 1 aromatic rings. The summed E-state index contributed by atoms with van der Waals surface area (Å²) in [4.78, 5) is 0. The summed E-state index contributed by atoms with van der Waals surface area (Å²) in [5.41, 5.74) is 1.26. The highest BCUT2D eigenvalue weighted by Crippen LogP contribution is 2.10. The molecule has 0 bridgehead atoms. The molecule has 0 N–H and O–H groups in total. The van der Waals surface area contributed by atoms with E-state index in [0.29, 0.717) is 5.92 Å². The molecule has 1 aromatic carbocycles. The van der Waals surface area contributed by atoms with Crippen LogP contribution in [0.2, 0.25) is 0 Å². The number of unbranched alkanes of at least 4 members (excludes halogenated alkanes) is 1. The molecule has 1 nitrogen and oxygen atoms in total. The number of benzene rings is 1. The van der Waals surface area contributed by atoms with Crippen molar-refractivity contribution in [1.82, 2.24) is 0 Å². The Bertz CT molecular complexity index is 261. The van der Waals surface area contributed by atoms with Gasteiger partial charge in [-0.1, -0.05) is 59.8 Å². The van der Waals surface area contributed by atoms with Crippen molar-refractivity contribution in [1.29, 1.82) is 0 Å². The van der Waals surface area contributed by atoms with Crippen LogP contribution in [-0.4, -0.2) is 11.0 Å².